The summed E-state index contributed by atoms with van der Waals surface area (Å²) in [6, 6.07) is 8.55. The van der Waals surface area contributed by atoms with Gasteiger partial charge in [-0.15, -0.1) is 0 Å². The van der Waals surface area contributed by atoms with Gasteiger partial charge in [0.25, 0.3) is 0 Å². The number of anilines is 1. The summed E-state index contributed by atoms with van der Waals surface area (Å²) in [5.74, 6) is 0.900. The maximum absolute atomic E-state index is 5.61. The molecule has 2 nitrogen and oxygen atoms in total. The van der Waals surface area contributed by atoms with Gasteiger partial charge in [0.1, 0.15) is 0 Å². The molecule has 1 heterocycles. The smallest absolute Gasteiger partial charge is 0.0369 e. The molecule has 1 aliphatic heterocycles. The summed E-state index contributed by atoms with van der Waals surface area (Å²) in [7, 11) is 0. The minimum absolute atomic E-state index is 0.638. The summed E-state index contributed by atoms with van der Waals surface area (Å²) >= 11 is 0. The van der Waals surface area contributed by atoms with E-state index in [0.717, 1.165) is 5.92 Å². The van der Waals surface area contributed by atoms with Crippen LogP contribution in [-0.4, -0.2) is 13.1 Å². The van der Waals surface area contributed by atoms with Crippen LogP contribution in [0.2, 0.25) is 0 Å². The van der Waals surface area contributed by atoms with Gasteiger partial charge in [-0.2, -0.15) is 0 Å². The average molecular weight is 190 g/mol. The van der Waals surface area contributed by atoms with E-state index in [0.29, 0.717) is 6.54 Å². The van der Waals surface area contributed by atoms with Gasteiger partial charge in [-0.1, -0.05) is 19.1 Å². The van der Waals surface area contributed by atoms with Crippen molar-refractivity contribution in [3.05, 3.63) is 29.8 Å². The quantitative estimate of drug-likeness (QED) is 0.789. The maximum Gasteiger partial charge on any atom is 0.0369 e. The molecular formula is C12H18N2. The van der Waals surface area contributed by atoms with E-state index in [1.54, 1.807) is 0 Å². The van der Waals surface area contributed by atoms with Crippen molar-refractivity contribution in [2.75, 3.05) is 18.0 Å². The van der Waals surface area contributed by atoms with Gasteiger partial charge < -0.3 is 10.6 Å². The minimum Gasteiger partial charge on any atom is -0.371 e. The van der Waals surface area contributed by atoms with Crippen molar-refractivity contribution in [2.45, 2.75) is 19.9 Å². The lowest BCUT2D eigenvalue weighted by Gasteiger charge is -2.40. The van der Waals surface area contributed by atoms with Gasteiger partial charge >= 0.3 is 0 Å². The third-order valence-corrected chi connectivity index (χ3v) is 3.05. The summed E-state index contributed by atoms with van der Waals surface area (Å²) in [5, 5.41) is 0. The topological polar surface area (TPSA) is 29.3 Å². The molecule has 1 fully saturated rings. The van der Waals surface area contributed by atoms with Crippen molar-refractivity contribution in [1.29, 1.82) is 0 Å². The first kappa shape index (κ1) is 9.53. The first-order valence-electron chi connectivity index (χ1n) is 5.37. The van der Waals surface area contributed by atoms with E-state index in [1.807, 2.05) is 0 Å². The van der Waals surface area contributed by atoms with Gasteiger partial charge in [-0.3, -0.25) is 0 Å². The van der Waals surface area contributed by atoms with Gasteiger partial charge in [0.15, 0.2) is 0 Å². The Morgan fingerprint density at radius 1 is 1.43 bits per heavy atom. The van der Waals surface area contributed by atoms with Gasteiger partial charge in [0, 0.05) is 25.3 Å². The normalized spacial score (nSPS) is 16.9. The highest BCUT2D eigenvalue weighted by molar-refractivity contribution is 5.50. The lowest BCUT2D eigenvalue weighted by Crippen LogP contribution is -2.46. The molecule has 76 valence electrons. The van der Waals surface area contributed by atoms with Crippen molar-refractivity contribution in [3.63, 3.8) is 0 Å². The average Bonchev–Trinajstić information content (AvgIpc) is 2.17. The highest BCUT2D eigenvalue weighted by Crippen LogP contribution is 2.26. The molecule has 2 N–H and O–H groups in total. The maximum atomic E-state index is 5.61. The van der Waals surface area contributed by atoms with Crippen molar-refractivity contribution < 1.29 is 0 Å². The van der Waals surface area contributed by atoms with Crippen LogP contribution in [0, 0.1) is 5.92 Å². The molecule has 0 aliphatic carbocycles. The Hall–Kier alpha value is -1.02. The van der Waals surface area contributed by atoms with Crippen LogP contribution in [0.15, 0.2) is 24.3 Å². The Balaban J connectivity index is 2.03. The van der Waals surface area contributed by atoms with Gasteiger partial charge in [0.2, 0.25) is 0 Å². The molecule has 1 aliphatic rings. The molecule has 2 heteroatoms. The van der Waals surface area contributed by atoms with Crippen LogP contribution in [0.25, 0.3) is 0 Å². The lowest BCUT2D eigenvalue weighted by atomic mass is 9.96. The van der Waals surface area contributed by atoms with Gasteiger partial charge in [0.05, 0.1) is 0 Å². The molecule has 14 heavy (non-hydrogen) atoms. The highest BCUT2D eigenvalue weighted by atomic mass is 15.2. The van der Waals surface area contributed by atoms with Crippen molar-refractivity contribution in [1.82, 2.24) is 0 Å². The first-order chi connectivity index (χ1) is 6.83. The molecule has 1 aromatic carbocycles. The second-order valence-corrected chi connectivity index (χ2v) is 4.05. The third-order valence-electron chi connectivity index (χ3n) is 3.05. The fraction of sp³-hybridized carbons (Fsp3) is 0.500. The van der Waals surface area contributed by atoms with Crippen LogP contribution >= 0.6 is 0 Å². The molecular weight excluding hydrogens is 172 g/mol. The van der Waals surface area contributed by atoms with Crippen LogP contribution in [0.5, 0.6) is 0 Å². The molecule has 0 aromatic heterocycles. The molecule has 0 radical (unpaired) electrons. The molecule has 0 spiro atoms. The predicted molar refractivity (Wildman–Crippen MR) is 60.3 cm³/mol. The summed E-state index contributed by atoms with van der Waals surface area (Å²) in [6.07, 6.45) is 1.30. The van der Waals surface area contributed by atoms with Gasteiger partial charge in [-0.25, -0.2) is 0 Å². The van der Waals surface area contributed by atoms with Crippen LogP contribution in [0.3, 0.4) is 0 Å². The van der Waals surface area contributed by atoms with E-state index in [2.05, 4.69) is 36.1 Å². The molecule has 0 bridgehead atoms. The van der Waals surface area contributed by atoms with E-state index < -0.39 is 0 Å². The van der Waals surface area contributed by atoms with E-state index in [1.165, 1.54) is 30.8 Å². The van der Waals surface area contributed by atoms with Crippen LogP contribution in [-0.2, 0) is 6.54 Å². The number of hydrogen-bond acceptors (Lipinski definition) is 2. The fourth-order valence-corrected chi connectivity index (χ4v) is 1.92. The zero-order valence-corrected chi connectivity index (χ0v) is 8.74. The van der Waals surface area contributed by atoms with E-state index in [-0.39, 0.29) is 0 Å². The number of nitrogens with two attached hydrogens (primary N) is 1. The van der Waals surface area contributed by atoms with Crippen molar-refractivity contribution >= 4 is 5.69 Å². The molecule has 1 saturated heterocycles. The molecule has 1 aromatic rings. The van der Waals surface area contributed by atoms with Crippen LogP contribution in [0.1, 0.15) is 18.9 Å². The minimum atomic E-state index is 0.638. The number of hydrogen-bond donors (Lipinski definition) is 1. The van der Waals surface area contributed by atoms with E-state index >= 15 is 0 Å². The molecule has 0 atom stereocenters. The standard InChI is InChI=1S/C12H18N2/c1-2-10-8-14(9-10)12-5-3-4-11(6-12)7-13/h3-6,10H,2,7-9,13H2,1H3. The largest absolute Gasteiger partial charge is 0.371 e. The van der Waals surface area contributed by atoms with E-state index in [9.17, 15) is 0 Å². The van der Waals surface area contributed by atoms with E-state index in [4.69, 9.17) is 5.73 Å². The Labute approximate surface area is 85.7 Å². The number of benzene rings is 1. The first-order valence-corrected chi connectivity index (χ1v) is 5.37. The second-order valence-electron chi connectivity index (χ2n) is 4.05. The second kappa shape index (κ2) is 4.01. The molecule has 0 saturated carbocycles. The summed E-state index contributed by atoms with van der Waals surface area (Å²) in [5.41, 5.74) is 8.17. The summed E-state index contributed by atoms with van der Waals surface area (Å²) < 4.78 is 0. The lowest BCUT2D eigenvalue weighted by molar-refractivity contribution is 0.399. The molecule has 2 rings (SSSR count). The Kier molecular flexibility index (Phi) is 2.73. The Bertz CT molecular complexity index is 303. The fourth-order valence-electron chi connectivity index (χ4n) is 1.92. The SMILES string of the molecule is CCC1CN(c2cccc(CN)c2)C1. The van der Waals surface area contributed by atoms with Crippen molar-refractivity contribution in [2.24, 2.45) is 11.7 Å². The number of nitrogens with zero attached hydrogens (tertiary/aromatic N) is 1. The highest BCUT2D eigenvalue weighted by Gasteiger charge is 2.24. The zero-order valence-electron chi connectivity index (χ0n) is 8.74. The van der Waals surface area contributed by atoms with Crippen LogP contribution < -0.4 is 10.6 Å². The predicted octanol–water partition coefficient (Wildman–Crippen LogP) is 1.99. The number of rotatable bonds is 3. The zero-order chi connectivity index (χ0) is 9.97. The van der Waals surface area contributed by atoms with Crippen LogP contribution in [0.4, 0.5) is 5.69 Å². The molecule has 0 amide bonds. The molecule has 0 unspecified atom stereocenters. The monoisotopic (exact) mass is 190 g/mol. The van der Waals surface area contributed by atoms with Gasteiger partial charge in [-0.05, 0) is 30.0 Å². The van der Waals surface area contributed by atoms with Crippen molar-refractivity contribution in [3.8, 4) is 0 Å². The summed E-state index contributed by atoms with van der Waals surface area (Å²) in [4.78, 5) is 2.42. The Morgan fingerprint density at radius 2 is 2.21 bits per heavy atom. The third kappa shape index (κ3) is 1.75. The summed E-state index contributed by atoms with van der Waals surface area (Å²) in [6.45, 7) is 5.33. The Morgan fingerprint density at radius 3 is 2.86 bits per heavy atom.